The zero-order valence-corrected chi connectivity index (χ0v) is 10.4. The van der Waals surface area contributed by atoms with Crippen LogP contribution in [-0.4, -0.2) is 13.4 Å². The maximum atomic E-state index is 12.4. The first-order chi connectivity index (χ1) is 7.27. The van der Waals surface area contributed by atoms with Gasteiger partial charge >= 0.3 is 0 Å². The standard InChI is InChI=1S/C7H2BrClF2N2O2S/c8-6-4(2-12)13-3(7(10)11)1-5(6)16(9,14)15/h1,7H. The van der Waals surface area contributed by atoms with E-state index in [0.717, 1.165) is 0 Å². The predicted molar refractivity (Wildman–Crippen MR) is 54.6 cm³/mol. The molecule has 0 aliphatic rings. The van der Waals surface area contributed by atoms with Crippen molar-refractivity contribution in [3.05, 3.63) is 21.9 Å². The number of halogens is 4. The van der Waals surface area contributed by atoms with Gasteiger partial charge in [0.15, 0.2) is 5.69 Å². The zero-order valence-electron chi connectivity index (χ0n) is 7.29. The van der Waals surface area contributed by atoms with Crippen molar-refractivity contribution >= 4 is 35.7 Å². The fraction of sp³-hybridized carbons (Fsp3) is 0.143. The SMILES string of the molecule is N#Cc1nc(C(F)F)cc(S(=O)(=O)Cl)c1Br. The molecule has 0 aliphatic carbocycles. The highest BCUT2D eigenvalue weighted by atomic mass is 79.9. The van der Waals surface area contributed by atoms with Crippen LogP contribution < -0.4 is 0 Å². The zero-order chi connectivity index (χ0) is 12.5. The van der Waals surface area contributed by atoms with Crippen LogP contribution >= 0.6 is 26.6 Å². The molecule has 0 saturated heterocycles. The van der Waals surface area contributed by atoms with Crippen molar-refractivity contribution in [3.63, 3.8) is 0 Å². The van der Waals surface area contributed by atoms with Crippen LogP contribution in [0.5, 0.6) is 0 Å². The van der Waals surface area contributed by atoms with Crippen LogP contribution in [0, 0.1) is 11.3 Å². The Morgan fingerprint density at radius 1 is 1.56 bits per heavy atom. The lowest BCUT2D eigenvalue weighted by Gasteiger charge is -2.05. The molecule has 9 heteroatoms. The number of nitrogens with zero attached hydrogens (tertiary/aromatic N) is 2. The van der Waals surface area contributed by atoms with Gasteiger partial charge in [0.1, 0.15) is 16.7 Å². The summed E-state index contributed by atoms with van der Waals surface area (Å²) in [6.07, 6.45) is -2.99. The normalized spacial score (nSPS) is 11.5. The summed E-state index contributed by atoms with van der Waals surface area (Å²) in [7, 11) is 0.808. The van der Waals surface area contributed by atoms with Gasteiger partial charge in [-0.25, -0.2) is 22.2 Å². The van der Waals surface area contributed by atoms with E-state index in [1.54, 1.807) is 0 Å². The molecule has 1 rings (SSSR count). The van der Waals surface area contributed by atoms with E-state index in [2.05, 4.69) is 20.9 Å². The number of nitriles is 1. The fourth-order valence-corrected chi connectivity index (χ4v) is 3.04. The molecule has 0 atom stereocenters. The van der Waals surface area contributed by atoms with Gasteiger partial charge in [-0.1, -0.05) is 0 Å². The molecule has 0 amide bonds. The average molecular weight is 332 g/mol. The quantitative estimate of drug-likeness (QED) is 0.781. The van der Waals surface area contributed by atoms with Crippen LogP contribution in [0.2, 0.25) is 0 Å². The monoisotopic (exact) mass is 330 g/mol. The van der Waals surface area contributed by atoms with Gasteiger partial charge in [-0.2, -0.15) is 5.26 Å². The van der Waals surface area contributed by atoms with E-state index in [-0.39, 0.29) is 4.47 Å². The third-order valence-electron chi connectivity index (χ3n) is 1.54. The van der Waals surface area contributed by atoms with Gasteiger partial charge in [-0.3, -0.25) is 0 Å². The molecular weight excluding hydrogens is 330 g/mol. The fourth-order valence-electron chi connectivity index (χ4n) is 0.888. The molecule has 0 bridgehead atoms. The topological polar surface area (TPSA) is 70.8 Å². The van der Waals surface area contributed by atoms with E-state index in [0.29, 0.717) is 6.07 Å². The molecule has 0 N–H and O–H groups in total. The summed E-state index contributed by atoms with van der Waals surface area (Å²) >= 11 is 2.77. The minimum absolute atomic E-state index is 0.227. The van der Waals surface area contributed by atoms with Crippen molar-refractivity contribution in [1.82, 2.24) is 4.98 Å². The first-order valence-corrected chi connectivity index (χ1v) is 6.71. The second kappa shape index (κ2) is 4.61. The van der Waals surface area contributed by atoms with Crippen LogP contribution in [0.25, 0.3) is 0 Å². The van der Waals surface area contributed by atoms with Crippen molar-refractivity contribution in [2.45, 2.75) is 11.3 Å². The smallest absolute Gasteiger partial charge is 0.235 e. The maximum Gasteiger partial charge on any atom is 0.280 e. The van der Waals surface area contributed by atoms with Crippen LogP contribution in [0.1, 0.15) is 17.8 Å². The Labute approximate surface area is 102 Å². The van der Waals surface area contributed by atoms with E-state index in [1.165, 1.54) is 6.07 Å². The third kappa shape index (κ3) is 2.66. The minimum atomic E-state index is -4.22. The number of aromatic nitrogens is 1. The number of pyridine rings is 1. The molecule has 0 radical (unpaired) electrons. The summed E-state index contributed by atoms with van der Waals surface area (Å²) in [4.78, 5) is 2.68. The molecule has 86 valence electrons. The highest BCUT2D eigenvalue weighted by Crippen LogP contribution is 2.30. The van der Waals surface area contributed by atoms with Gasteiger partial charge in [0.05, 0.1) is 4.47 Å². The highest BCUT2D eigenvalue weighted by Gasteiger charge is 2.22. The second-order valence-corrected chi connectivity index (χ2v) is 5.89. The van der Waals surface area contributed by atoms with Gasteiger partial charge < -0.3 is 0 Å². The molecule has 0 aromatic carbocycles. The number of hydrogen-bond donors (Lipinski definition) is 0. The van der Waals surface area contributed by atoms with E-state index in [1.807, 2.05) is 0 Å². The largest absolute Gasteiger partial charge is 0.280 e. The van der Waals surface area contributed by atoms with E-state index >= 15 is 0 Å². The highest BCUT2D eigenvalue weighted by molar-refractivity contribution is 9.10. The molecule has 0 saturated carbocycles. The van der Waals surface area contributed by atoms with Crippen molar-refractivity contribution in [1.29, 1.82) is 5.26 Å². The Bertz CT molecular complexity index is 570. The predicted octanol–water partition coefficient (Wildman–Crippen LogP) is 2.58. The first kappa shape index (κ1) is 13.3. The lowest BCUT2D eigenvalue weighted by Crippen LogP contribution is -2.01. The Morgan fingerprint density at radius 3 is 2.50 bits per heavy atom. The third-order valence-corrected chi connectivity index (χ3v) is 3.95. The Hall–Kier alpha value is -0.780. The molecule has 0 fully saturated rings. The van der Waals surface area contributed by atoms with Crippen molar-refractivity contribution in [2.24, 2.45) is 0 Å². The molecule has 4 nitrogen and oxygen atoms in total. The van der Waals surface area contributed by atoms with Crippen molar-refractivity contribution in [2.75, 3.05) is 0 Å². The van der Waals surface area contributed by atoms with Gasteiger partial charge in [0.2, 0.25) is 0 Å². The molecular formula is C7H2BrClF2N2O2S. The average Bonchev–Trinajstić information content (AvgIpc) is 2.15. The Balaban J connectivity index is 3.63. The minimum Gasteiger partial charge on any atom is -0.235 e. The number of hydrogen-bond acceptors (Lipinski definition) is 4. The molecule has 1 heterocycles. The summed E-state index contributed by atoms with van der Waals surface area (Å²) in [5.74, 6) is 0. The van der Waals surface area contributed by atoms with E-state index < -0.39 is 31.8 Å². The van der Waals surface area contributed by atoms with Crippen LogP contribution in [0.4, 0.5) is 8.78 Å². The van der Waals surface area contributed by atoms with Gasteiger partial charge in [-0.05, 0) is 22.0 Å². The lowest BCUT2D eigenvalue weighted by molar-refractivity contribution is 0.145. The molecule has 1 aromatic heterocycles. The first-order valence-electron chi connectivity index (χ1n) is 3.60. The molecule has 16 heavy (non-hydrogen) atoms. The number of rotatable bonds is 2. The molecule has 1 aromatic rings. The Kier molecular flexibility index (Phi) is 3.83. The molecule has 0 unspecified atom stereocenters. The molecule has 0 aliphatic heterocycles. The molecule has 0 spiro atoms. The van der Waals surface area contributed by atoms with Gasteiger partial charge in [0.25, 0.3) is 15.5 Å². The van der Waals surface area contributed by atoms with Crippen LogP contribution in [0.3, 0.4) is 0 Å². The maximum absolute atomic E-state index is 12.4. The van der Waals surface area contributed by atoms with Gasteiger partial charge in [0, 0.05) is 10.7 Å². The van der Waals surface area contributed by atoms with Crippen LogP contribution in [-0.2, 0) is 9.05 Å². The van der Waals surface area contributed by atoms with E-state index in [9.17, 15) is 17.2 Å². The summed E-state index contributed by atoms with van der Waals surface area (Å²) in [5, 5.41) is 8.59. The van der Waals surface area contributed by atoms with E-state index in [4.69, 9.17) is 15.9 Å². The van der Waals surface area contributed by atoms with Gasteiger partial charge in [-0.15, -0.1) is 0 Å². The Morgan fingerprint density at radius 2 is 2.12 bits per heavy atom. The summed E-state index contributed by atoms with van der Waals surface area (Å²) in [6, 6.07) is 2.11. The lowest BCUT2D eigenvalue weighted by atomic mass is 10.3. The number of alkyl halides is 2. The summed E-state index contributed by atoms with van der Waals surface area (Å²) < 4.78 is 46.6. The van der Waals surface area contributed by atoms with Crippen molar-refractivity contribution in [3.8, 4) is 6.07 Å². The van der Waals surface area contributed by atoms with Crippen molar-refractivity contribution < 1.29 is 17.2 Å². The summed E-state index contributed by atoms with van der Waals surface area (Å²) in [5.41, 5.74) is -1.28. The summed E-state index contributed by atoms with van der Waals surface area (Å²) in [6.45, 7) is 0. The van der Waals surface area contributed by atoms with Crippen LogP contribution in [0.15, 0.2) is 15.4 Å². The second-order valence-electron chi connectivity index (χ2n) is 2.56.